The Morgan fingerprint density at radius 2 is 2.14 bits per heavy atom. The standard InChI is InChI=1S/C9H16N2O3/c1-5-3-10-4-7(5)8(12)11-6(2)9(13)14/h5-7,10H,3-4H2,1-2H3,(H,11,12)(H,13,14)/t5-,6+,7-/m1/s1. The SMILES string of the molecule is C[C@H](NC(=O)[C@@H]1CNC[C@H]1C)C(=O)O. The summed E-state index contributed by atoms with van der Waals surface area (Å²) in [6.45, 7) is 4.90. The zero-order valence-electron chi connectivity index (χ0n) is 8.41. The molecule has 0 aromatic carbocycles. The van der Waals surface area contributed by atoms with Crippen molar-refractivity contribution >= 4 is 11.9 Å². The van der Waals surface area contributed by atoms with Gasteiger partial charge in [0.1, 0.15) is 6.04 Å². The van der Waals surface area contributed by atoms with Gasteiger partial charge in [-0.1, -0.05) is 6.92 Å². The molecule has 1 rings (SSSR count). The zero-order valence-corrected chi connectivity index (χ0v) is 8.41. The van der Waals surface area contributed by atoms with E-state index in [0.29, 0.717) is 6.54 Å². The van der Waals surface area contributed by atoms with Crippen LogP contribution in [0.2, 0.25) is 0 Å². The first kappa shape index (κ1) is 11.0. The summed E-state index contributed by atoms with van der Waals surface area (Å²) in [5, 5.41) is 14.2. The number of carbonyl (C=O) groups is 2. The molecule has 1 heterocycles. The molecular formula is C9H16N2O3. The zero-order chi connectivity index (χ0) is 10.7. The third kappa shape index (κ3) is 2.45. The van der Waals surface area contributed by atoms with Crippen LogP contribution in [-0.2, 0) is 9.59 Å². The molecule has 0 bridgehead atoms. The van der Waals surface area contributed by atoms with Gasteiger partial charge in [0.15, 0.2) is 0 Å². The lowest BCUT2D eigenvalue weighted by molar-refractivity contribution is -0.142. The van der Waals surface area contributed by atoms with Crippen LogP contribution in [-0.4, -0.2) is 36.1 Å². The van der Waals surface area contributed by atoms with E-state index in [1.54, 1.807) is 0 Å². The highest BCUT2D eigenvalue weighted by molar-refractivity contribution is 5.85. The van der Waals surface area contributed by atoms with Crippen molar-refractivity contribution in [1.82, 2.24) is 10.6 Å². The Balaban J connectivity index is 2.45. The number of rotatable bonds is 3. The normalized spacial score (nSPS) is 28.4. The third-order valence-corrected chi connectivity index (χ3v) is 2.58. The van der Waals surface area contributed by atoms with Crippen molar-refractivity contribution in [2.75, 3.05) is 13.1 Å². The van der Waals surface area contributed by atoms with Gasteiger partial charge in [-0.3, -0.25) is 9.59 Å². The fourth-order valence-corrected chi connectivity index (χ4v) is 1.54. The summed E-state index contributed by atoms with van der Waals surface area (Å²) in [6, 6.07) is -0.810. The second-order valence-electron chi connectivity index (χ2n) is 3.81. The minimum absolute atomic E-state index is 0.100. The van der Waals surface area contributed by atoms with E-state index >= 15 is 0 Å². The van der Waals surface area contributed by atoms with Gasteiger partial charge in [-0.25, -0.2) is 0 Å². The molecular weight excluding hydrogens is 184 g/mol. The molecule has 0 spiro atoms. The van der Waals surface area contributed by atoms with Gasteiger partial charge in [-0.2, -0.15) is 0 Å². The van der Waals surface area contributed by atoms with Gasteiger partial charge in [0.2, 0.25) is 5.91 Å². The third-order valence-electron chi connectivity index (χ3n) is 2.58. The lowest BCUT2D eigenvalue weighted by Crippen LogP contribution is -2.43. The quantitative estimate of drug-likeness (QED) is 0.570. The van der Waals surface area contributed by atoms with E-state index in [9.17, 15) is 9.59 Å². The molecule has 14 heavy (non-hydrogen) atoms. The van der Waals surface area contributed by atoms with Crippen LogP contribution in [0.3, 0.4) is 0 Å². The number of carbonyl (C=O) groups excluding carboxylic acids is 1. The van der Waals surface area contributed by atoms with Crippen LogP contribution in [0.25, 0.3) is 0 Å². The van der Waals surface area contributed by atoms with Crippen LogP contribution in [0.4, 0.5) is 0 Å². The van der Waals surface area contributed by atoms with Crippen molar-refractivity contribution in [3.8, 4) is 0 Å². The molecule has 0 aliphatic carbocycles. The first-order valence-corrected chi connectivity index (χ1v) is 4.76. The molecule has 0 radical (unpaired) electrons. The molecule has 0 aromatic heterocycles. The minimum atomic E-state index is -1.00. The second-order valence-corrected chi connectivity index (χ2v) is 3.81. The number of carboxylic acids is 1. The van der Waals surface area contributed by atoms with Crippen LogP contribution in [0.1, 0.15) is 13.8 Å². The first-order chi connectivity index (χ1) is 6.52. The first-order valence-electron chi connectivity index (χ1n) is 4.76. The van der Waals surface area contributed by atoms with Crippen molar-refractivity contribution in [2.45, 2.75) is 19.9 Å². The van der Waals surface area contributed by atoms with Crippen molar-refractivity contribution in [3.05, 3.63) is 0 Å². The van der Waals surface area contributed by atoms with Gasteiger partial charge in [0.05, 0.1) is 5.92 Å². The Kier molecular flexibility index (Phi) is 3.46. The molecule has 3 atom stereocenters. The van der Waals surface area contributed by atoms with Gasteiger partial charge in [-0.05, 0) is 19.4 Å². The molecule has 0 saturated carbocycles. The molecule has 1 fully saturated rings. The van der Waals surface area contributed by atoms with Crippen molar-refractivity contribution < 1.29 is 14.7 Å². The van der Waals surface area contributed by atoms with E-state index < -0.39 is 12.0 Å². The van der Waals surface area contributed by atoms with Crippen molar-refractivity contribution in [3.63, 3.8) is 0 Å². The molecule has 80 valence electrons. The van der Waals surface area contributed by atoms with E-state index in [4.69, 9.17) is 5.11 Å². The van der Waals surface area contributed by atoms with Crippen LogP contribution in [0.15, 0.2) is 0 Å². The van der Waals surface area contributed by atoms with Crippen molar-refractivity contribution in [2.24, 2.45) is 11.8 Å². The molecule has 0 aromatic rings. The summed E-state index contributed by atoms with van der Waals surface area (Å²) in [6.07, 6.45) is 0. The maximum absolute atomic E-state index is 11.6. The fraction of sp³-hybridized carbons (Fsp3) is 0.778. The monoisotopic (exact) mass is 200 g/mol. The Labute approximate surface area is 82.9 Å². The average molecular weight is 200 g/mol. The molecule has 3 N–H and O–H groups in total. The van der Waals surface area contributed by atoms with Crippen LogP contribution in [0.5, 0.6) is 0 Å². The highest BCUT2D eigenvalue weighted by Gasteiger charge is 2.30. The molecule has 1 aliphatic heterocycles. The topological polar surface area (TPSA) is 78.4 Å². The predicted octanol–water partition coefficient (Wildman–Crippen LogP) is -0.569. The van der Waals surface area contributed by atoms with Crippen molar-refractivity contribution in [1.29, 1.82) is 0 Å². The molecule has 5 heteroatoms. The Bertz CT molecular complexity index is 242. The number of aliphatic carboxylic acids is 1. The largest absolute Gasteiger partial charge is 0.480 e. The summed E-state index contributed by atoms with van der Waals surface area (Å²) in [4.78, 5) is 22.1. The lowest BCUT2D eigenvalue weighted by Gasteiger charge is -2.16. The summed E-state index contributed by atoms with van der Waals surface area (Å²) >= 11 is 0. The Morgan fingerprint density at radius 1 is 1.50 bits per heavy atom. The van der Waals surface area contributed by atoms with E-state index in [1.165, 1.54) is 6.92 Å². The Hall–Kier alpha value is -1.10. The smallest absolute Gasteiger partial charge is 0.325 e. The molecule has 0 unspecified atom stereocenters. The van der Waals surface area contributed by atoms with Gasteiger partial charge >= 0.3 is 5.97 Å². The highest BCUT2D eigenvalue weighted by atomic mass is 16.4. The summed E-state index contributed by atoms with van der Waals surface area (Å²) in [5.41, 5.74) is 0. The highest BCUT2D eigenvalue weighted by Crippen LogP contribution is 2.15. The number of amides is 1. The lowest BCUT2D eigenvalue weighted by atomic mass is 9.97. The van der Waals surface area contributed by atoms with E-state index in [0.717, 1.165) is 6.54 Å². The van der Waals surface area contributed by atoms with E-state index in [2.05, 4.69) is 10.6 Å². The predicted molar refractivity (Wildman–Crippen MR) is 50.8 cm³/mol. The fourth-order valence-electron chi connectivity index (χ4n) is 1.54. The van der Waals surface area contributed by atoms with E-state index in [-0.39, 0.29) is 17.7 Å². The number of nitrogens with one attached hydrogen (secondary N) is 2. The minimum Gasteiger partial charge on any atom is -0.480 e. The van der Waals surface area contributed by atoms with Gasteiger partial charge in [-0.15, -0.1) is 0 Å². The molecule has 1 amide bonds. The van der Waals surface area contributed by atoms with Crippen LogP contribution < -0.4 is 10.6 Å². The second kappa shape index (κ2) is 4.41. The number of carboxylic acid groups (broad SMARTS) is 1. The maximum Gasteiger partial charge on any atom is 0.325 e. The number of hydrogen-bond acceptors (Lipinski definition) is 3. The van der Waals surface area contributed by atoms with E-state index in [1.807, 2.05) is 6.92 Å². The molecule has 5 nitrogen and oxygen atoms in total. The van der Waals surface area contributed by atoms with Gasteiger partial charge < -0.3 is 15.7 Å². The van der Waals surface area contributed by atoms with Gasteiger partial charge in [0, 0.05) is 6.54 Å². The summed E-state index contributed by atoms with van der Waals surface area (Å²) in [7, 11) is 0. The number of hydrogen-bond donors (Lipinski definition) is 3. The maximum atomic E-state index is 11.6. The average Bonchev–Trinajstić information content (AvgIpc) is 2.51. The van der Waals surface area contributed by atoms with Gasteiger partial charge in [0.25, 0.3) is 0 Å². The molecule has 1 saturated heterocycles. The Morgan fingerprint density at radius 3 is 2.57 bits per heavy atom. The van der Waals surface area contributed by atoms with Crippen LogP contribution in [0, 0.1) is 11.8 Å². The summed E-state index contributed by atoms with van der Waals surface area (Å²) < 4.78 is 0. The summed E-state index contributed by atoms with van der Waals surface area (Å²) in [5.74, 6) is -0.998. The van der Waals surface area contributed by atoms with Crippen LogP contribution >= 0.6 is 0 Å². The molecule has 1 aliphatic rings.